The summed E-state index contributed by atoms with van der Waals surface area (Å²) in [6.45, 7) is 9.35. The summed E-state index contributed by atoms with van der Waals surface area (Å²) in [7, 11) is 0. The van der Waals surface area contributed by atoms with E-state index in [-0.39, 0.29) is 0 Å². The molecule has 1 aliphatic heterocycles. The van der Waals surface area contributed by atoms with Gasteiger partial charge >= 0.3 is 0 Å². The van der Waals surface area contributed by atoms with E-state index in [1.165, 1.54) is 24.2 Å². The maximum Gasteiger partial charge on any atom is 0.132 e. The SMILES string of the molecule is CC(C)(C)C1CCN(c2ncccc2CBr)CC1. The lowest BCUT2D eigenvalue weighted by molar-refractivity contribution is 0.198. The maximum atomic E-state index is 4.56. The zero-order chi connectivity index (χ0) is 13.2. The third-order valence-electron chi connectivity index (χ3n) is 4.03. The number of alkyl halides is 1. The number of anilines is 1. The van der Waals surface area contributed by atoms with E-state index >= 15 is 0 Å². The molecule has 0 unspecified atom stereocenters. The van der Waals surface area contributed by atoms with Crippen LogP contribution in [0.25, 0.3) is 0 Å². The van der Waals surface area contributed by atoms with Gasteiger partial charge in [0.05, 0.1) is 0 Å². The number of halogens is 1. The van der Waals surface area contributed by atoms with E-state index < -0.39 is 0 Å². The predicted molar refractivity (Wildman–Crippen MR) is 81.3 cm³/mol. The smallest absolute Gasteiger partial charge is 0.132 e. The van der Waals surface area contributed by atoms with E-state index in [1.807, 2.05) is 12.3 Å². The first-order valence-electron chi connectivity index (χ1n) is 6.77. The summed E-state index contributed by atoms with van der Waals surface area (Å²) < 4.78 is 0. The number of aromatic nitrogens is 1. The Morgan fingerprint density at radius 1 is 1.33 bits per heavy atom. The highest BCUT2D eigenvalue weighted by molar-refractivity contribution is 9.08. The molecule has 1 fully saturated rings. The number of hydrogen-bond acceptors (Lipinski definition) is 2. The summed E-state index contributed by atoms with van der Waals surface area (Å²) in [5.74, 6) is 2.01. The third-order valence-corrected chi connectivity index (χ3v) is 4.63. The summed E-state index contributed by atoms with van der Waals surface area (Å²) in [6, 6.07) is 4.18. The van der Waals surface area contributed by atoms with E-state index in [1.54, 1.807) is 0 Å². The molecule has 0 amide bonds. The van der Waals surface area contributed by atoms with Crippen molar-refractivity contribution in [3.63, 3.8) is 0 Å². The molecule has 1 aliphatic rings. The zero-order valence-corrected chi connectivity index (χ0v) is 13.2. The van der Waals surface area contributed by atoms with Crippen LogP contribution in [0.1, 0.15) is 39.2 Å². The molecule has 18 heavy (non-hydrogen) atoms. The van der Waals surface area contributed by atoms with Crippen molar-refractivity contribution in [2.24, 2.45) is 11.3 Å². The van der Waals surface area contributed by atoms with E-state index in [4.69, 9.17) is 0 Å². The molecule has 0 spiro atoms. The second kappa shape index (κ2) is 5.60. The first kappa shape index (κ1) is 13.9. The van der Waals surface area contributed by atoms with Crippen LogP contribution in [-0.4, -0.2) is 18.1 Å². The lowest BCUT2D eigenvalue weighted by Crippen LogP contribution is -2.38. The standard InChI is InChI=1S/C15H23BrN2/c1-15(2,3)13-6-9-18(10-7-13)14-12(11-16)5-4-8-17-14/h4-5,8,13H,6-7,9-11H2,1-3H3. The van der Waals surface area contributed by atoms with Crippen LogP contribution in [0.5, 0.6) is 0 Å². The van der Waals surface area contributed by atoms with Gasteiger partial charge in [-0.3, -0.25) is 0 Å². The average Bonchev–Trinajstić information content (AvgIpc) is 2.38. The molecular weight excluding hydrogens is 288 g/mol. The molecule has 2 nitrogen and oxygen atoms in total. The molecule has 0 atom stereocenters. The van der Waals surface area contributed by atoms with Gasteiger partial charge in [0.15, 0.2) is 0 Å². The summed E-state index contributed by atoms with van der Waals surface area (Å²) in [5, 5.41) is 0.884. The van der Waals surface area contributed by atoms with Gasteiger partial charge in [-0.05, 0) is 30.2 Å². The van der Waals surface area contributed by atoms with E-state index in [0.29, 0.717) is 5.41 Å². The van der Waals surface area contributed by atoms with Crippen molar-refractivity contribution < 1.29 is 0 Å². The second-order valence-corrected chi connectivity index (χ2v) is 6.81. The van der Waals surface area contributed by atoms with Gasteiger partial charge in [0.25, 0.3) is 0 Å². The highest BCUT2D eigenvalue weighted by atomic mass is 79.9. The first-order valence-corrected chi connectivity index (χ1v) is 7.89. The predicted octanol–water partition coefficient (Wildman–Crippen LogP) is 4.24. The molecule has 0 N–H and O–H groups in total. The van der Waals surface area contributed by atoms with E-state index in [9.17, 15) is 0 Å². The van der Waals surface area contributed by atoms with Crippen LogP contribution in [0.2, 0.25) is 0 Å². The molecule has 3 heteroatoms. The topological polar surface area (TPSA) is 16.1 Å². The minimum Gasteiger partial charge on any atom is -0.356 e. The van der Waals surface area contributed by atoms with Crippen LogP contribution in [0.3, 0.4) is 0 Å². The molecule has 2 rings (SSSR count). The fraction of sp³-hybridized carbons (Fsp3) is 0.667. The van der Waals surface area contributed by atoms with E-state index in [2.05, 4.69) is 52.7 Å². The van der Waals surface area contributed by atoms with Gasteiger partial charge in [0.2, 0.25) is 0 Å². The van der Waals surface area contributed by atoms with Crippen molar-refractivity contribution in [1.29, 1.82) is 0 Å². The van der Waals surface area contributed by atoms with Crippen molar-refractivity contribution in [3.05, 3.63) is 23.9 Å². The Labute approximate surface area is 119 Å². The summed E-state index contributed by atoms with van der Waals surface area (Å²) in [6.07, 6.45) is 4.46. The summed E-state index contributed by atoms with van der Waals surface area (Å²) >= 11 is 3.55. The van der Waals surface area contributed by atoms with E-state index in [0.717, 1.165) is 24.3 Å². The van der Waals surface area contributed by atoms with Crippen LogP contribution in [0.15, 0.2) is 18.3 Å². The quantitative estimate of drug-likeness (QED) is 0.760. The minimum absolute atomic E-state index is 0.439. The van der Waals surface area contributed by atoms with Crippen molar-refractivity contribution in [2.45, 2.75) is 38.9 Å². The number of piperidine rings is 1. The molecule has 1 saturated heterocycles. The van der Waals surface area contributed by atoms with Crippen molar-refractivity contribution in [1.82, 2.24) is 4.98 Å². The third kappa shape index (κ3) is 3.05. The summed E-state index contributed by atoms with van der Waals surface area (Å²) in [5.41, 5.74) is 1.74. The normalized spacial score (nSPS) is 18.1. The number of rotatable bonds is 2. The Bertz CT molecular complexity index is 390. The van der Waals surface area contributed by atoms with Gasteiger partial charge in [0.1, 0.15) is 5.82 Å². The minimum atomic E-state index is 0.439. The summed E-state index contributed by atoms with van der Waals surface area (Å²) in [4.78, 5) is 7.00. The second-order valence-electron chi connectivity index (χ2n) is 6.25. The number of nitrogens with zero attached hydrogens (tertiary/aromatic N) is 2. The van der Waals surface area contributed by atoms with Gasteiger partial charge in [0, 0.05) is 30.2 Å². The lowest BCUT2D eigenvalue weighted by Gasteiger charge is -2.39. The van der Waals surface area contributed by atoms with Crippen LogP contribution < -0.4 is 4.90 Å². The average molecular weight is 311 g/mol. The number of hydrogen-bond donors (Lipinski definition) is 0. The highest BCUT2D eigenvalue weighted by Gasteiger charge is 2.29. The zero-order valence-electron chi connectivity index (χ0n) is 11.6. The molecule has 0 aromatic carbocycles. The number of pyridine rings is 1. The van der Waals surface area contributed by atoms with Crippen molar-refractivity contribution in [3.8, 4) is 0 Å². The van der Waals surface area contributed by atoms with Crippen molar-refractivity contribution >= 4 is 21.7 Å². The van der Waals surface area contributed by atoms with Gasteiger partial charge in [-0.1, -0.05) is 42.8 Å². The molecule has 0 saturated carbocycles. The molecular formula is C15H23BrN2. The Balaban J connectivity index is 2.06. The Morgan fingerprint density at radius 2 is 2.00 bits per heavy atom. The van der Waals surface area contributed by atoms with Crippen LogP contribution in [0.4, 0.5) is 5.82 Å². The molecule has 100 valence electrons. The van der Waals surface area contributed by atoms with Gasteiger partial charge < -0.3 is 4.90 Å². The molecule has 0 bridgehead atoms. The fourth-order valence-electron chi connectivity index (χ4n) is 2.78. The van der Waals surface area contributed by atoms with Crippen LogP contribution >= 0.6 is 15.9 Å². The highest BCUT2D eigenvalue weighted by Crippen LogP contribution is 2.35. The molecule has 0 aliphatic carbocycles. The first-order chi connectivity index (χ1) is 8.52. The maximum absolute atomic E-state index is 4.56. The van der Waals surface area contributed by atoms with Gasteiger partial charge in [-0.2, -0.15) is 0 Å². The lowest BCUT2D eigenvalue weighted by atomic mass is 9.75. The Morgan fingerprint density at radius 3 is 2.56 bits per heavy atom. The largest absolute Gasteiger partial charge is 0.356 e. The molecule has 1 aromatic rings. The Hall–Kier alpha value is -0.570. The fourth-order valence-corrected chi connectivity index (χ4v) is 3.21. The molecule has 0 radical (unpaired) electrons. The van der Waals surface area contributed by atoms with Crippen LogP contribution in [0, 0.1) is 11.3 Å². The molecule has 2 heterocycles. The van der Waals surface area contributed by atoms with Gasteiger partial charge in [-0.25, -0.2) is 4.98 Å². The Kier molecular flexibility index (Phi) is 4.31. The monoisotopic (exact) mass is 310 g/mol. The molecule has 1 aromatic heterocycles. The van der Waals surface area contributed by atoms with Gasteiger partial charge in [-0.15, -0.1) is 0 Å². The van der Waals surface area contributed by atoms with Crippen LogP contribution in [-0.2, 0) is 5.33 Å². The van der Waals surface area contributed by atoms with Crippen molar-refractivity contribution in [2.75, 3.05) is 18.0 Å².